The minimum Gasteiger partial charge on any atom is -0.411 e. The zero-order valence-corrected chi connectivity index (χ0v) is 20.4. The fraction of sp³-hybridized carbons (Fsp3) is 0.737. The average molecular weight is 485 g/mol. The summed E-state index contributed by atoms with van der Waals surface area (Å²) in [7, 11) is -8.33. The van der Waals surface area contributed by atoms with Crippen LogP contribution in [0.5, 0.6) is 0 Å². The van der Waals surface area contributed by atoms with Crippen LogP contribution in [0.2, 0.25) is 18.1 Å². The number of pyridine rings is 1. The predicted octanol–water partition coefficient (Wildman–Crippen LogP) is 4.53. The molecule has 1 aliphatic heterocycles. The van der Waals surface area contributed by atoms with Gasteiger partial charge >= 0.3 is 15.6 Å². The first-order valence-electron chi connectivity index (χ1n) is 10.0. The molecule has 4 atom stereocenters. The molecule has 0 saturated carbocycles. The van der Waals surface area contributed by atoms with Crippen LogP contribution in [0, 0.1) is 0 Å². The average Bonchev–Trinajstić information content (AvgIpc) is 2.61. The normalized spacial score (nSPS) is 26.1. The zero-order valence-electron chi connectivity index (χ0n) is 18.6. The number of aromatic nitrogens is 1. The lowest BCUT2D eigenvalue weighted by Crippen LogP contribution is -2.55. The highest BCUT2D eigenvalue weighted by Crippen LogP contribution is 2.44. The molecule has 0 aromatic carbocycles. The quantitative estimate of drug-likeness (QED) is 0.360. The number of halogens is 3. The third-order valence-electron chi connectivity index (χ3n) is 5.93. The van der Waals surface area contributed by atoms with E-state index < -0.39 is 48.4 Å². The molecule has 2 rings (SSSR count). The Hall–Kier alpha value is -1.21. The number of hydrogen-bond donors (Lipinski definition) is 1. The molecule has 0 radical (unpaired) electrons. The Bertz CT molecular complexity index is 874. The van der Waals surface area contributed by atoms with E-state index in [4.69, 9.17) is 19.1 Å². The van der Waals surface area contributed by atoms with Crippen molar-refractivity contribution in [2.75, 3.05) is 5.73 Å². The summed E-state index contributed by atoms with van der Waals surface area (Å²) in [5, 5.41) is -0.258. The van der Waals surface area contributed by atoms with Crippen molar-refractivity contribution in [1.82, 2.24) is 4.98 Å². The molecule has 0 bridgehead atoms. The van der Waals surface area contributed by atoms with E-state index in [0.29, 0.717) is 11.3 Å². The van der Waals surface area contributed by atoms with Crippen molar-refractivity contribution < 1.29 is 34.9 Å². The Morgan fingerprint density at radius 2 is 1.90 bits per heavy atom. The number of rotatable bonds is 6. The van der Waals surface area contributed by atoms with Crippen molar-refractivity contribution in [3.63, 3.8) is 0 Å². The molecule has 2 N–H and O–H groups in total. The molecule has 1 saturated heterocycles. The summed E-state index contributed by atoms with van der Waals surface area (Å²) < 4.78 is 79.9. The fourth-order valence-corrected chi connectivity index (χ4v) is 5.15. The highest BCUT2D eigenvalue weighted by Gasteiger charge is 2.53. The fourth-order valence-electron chi connectivity index (χ4n) is 3.16. The second kappa shape index (κ2) is 8.97. The van der Waals surface area contributed by atoms with Gasteiger partial charge in [-0.05, 0) is 30.6 Å². The summed E-state index contributed by atoms with van der Waals surface area (Å²) in [6.07, 6.45) is -0.614. The van der Waals surface area contributed by atoms with Crippen molar-refractivity contribution in [3.05, 3.63) is 24.0 Å². The first-order valence-corrected chi connectivity index (χ1v) is 14.3. The molecule has 1 aromatic heterocycles. The molecule has 1 fully saturated rings. The lowest BCUT2D eigenvalue weighted by Gasteiger charge is -2.46. The molecule has 1 aliphatic rings. The summed E-state index contributed by atoms with van der Waals surface area (Å²) in [6.45, 7) is 11.5. The third kappa shape index (κ3) is 5.78. The van der Waals surface area contributed by atoms with Crippen LogP contribution < -0.4 is 5.73 Å². The number of hydrogen-bond acceptors (Lipinski definition) is 7. The van der Waals surface area contributed by atoms with E-state index in [1.54, 1.807) is 13.0 Å². The molecule has 0 unspecified atom stereocenters. The molecule has 178 valence electrons. The SMILES string of the molecule is CC[C@H]1O[C@@H](c2ccncc2N)C[C@@H](O[Si](C)(C)C(C)(C)C)[C@@H]1OS(=O)(=O)C(F)(F)F. The van der Waals surface area contributed by atoms with E-state index in [9.17, 15) is 21.6 Å². The summed E-state index contributed by atoms with van der Waals surface area (Å²) in [6, 6.07) is 1.67. The summed E-state index contributed by atoms with van der Waals surface area (Å²) in [5.41, 5.74) is 1.47. The zero-order chi connectivity index (χ0) is 23.8. The van der Waals surface area contributed by atoms with Crippen molar-refractivity contribution in [3.8, 4) is 0 Å². The summed E-state index contributed by atoms with van der Waals surface area (Å²) in [4.78, 5) is 3.95. The van der Waals surface area contributed by atoms with Gasteiger partial charge in [0.2, 0.25) is 0 Å². The van der Waals surface area contributed by atoms with Crippen LogP contribution in [0.15, 0.2) is 18.5 Å². The van der Waals surface area contributed by atoms with E-state index in [1.165, 1.54) is 12.4 Å². The number of nitrogen functional groups attached to an aromatic ring is 1. The van der Waals surface area contributed by atoms with E-state index >= 15 is 0 Å². The first kappa shape index (κ1) is 26.0. The summed E-state index contributed by atoms with van der Waals surface area (Å²) >= 11 is 0. The number of ether oxygens (including phenoxy) is 1. The highest BCUT2D eigenvalue weighted by molar-refractivity contribution is 7.87. The van der Waals surface area contributed by atoms with Crippen molar-refractivity contribution in [2.24, 2.45) is 0 Å². The van der Waals surface area contributed by atoms with Gasteiger partial charge < -0.3 is 14.9 Å². The van der Waals surface area contributed by atoms with E-state index in [1.807, 2.05) is 33.9 Å². The molecule has 2 heterocycles. The maximum atomic E-state index is 13.1. The molecule has 0 aliphatic carbocycles. The monoisotopic (exact) mass is 484 g/mol. The Kier molecular flexibility index (Phi) is 7.53. The number of nitrogens with two attached hydrogens (primary N) is 1. The minimum absolute atomic E-state index is 0.0925. The van der Waals surface area contributed by atoms with Crippen molar-refractivity contribution in [1.29, 1.82) is 0 Å². The first-order chi connectivity index (χ1) is 14.0. The molecular formula is C19H31F3N2O5SSi. The second-order valence-corrected chi connectivity index (χ2v) is 15.5. The van der Waals surface area contributed by atoms with Gasteiger partial charge in [-0.1, -0.05) is 27.7 Å². The van der Waals surface area contributed by atoms with Gasteiger partial charge in [0.25, 0.3) is 0 Å². The van der Waals surface area contributed by atoms with Crippen LogP contribution in [0.1, 0.15) is 52.2 Å². The van der Waals surface area contributed by atoms with Gasteiger partial charge in [0.1, 0.15) is 6.10 Å². The van der Waals surface area contributed by atoms with Crippen LogP contribution in [0.3, 0.4) is 0 Å². The largest absolute Gasteiger partial charge is 0.523 e. The lowest BCUT2D eigenvalue weighted by atomic mass is 9.92. The number of anilines is 1. The van der Waals surface area contributed by atoms with Crippen LogP contribution >= 0.6 is 0 Å². The lowest BCUT2D eigenvalue weighted by molar-refractivity contribution is -0.161. The topological polar surface area (TPSA) is 101 Å². The van der Waals surface area contributed by atoms with Crippen LogP contribution in [-0.2, 0) is 23.5 Å². The molecular weight excluding hydrogens is 453 g/mol. The van der Waals surface area contributed by atoms with Gasteiger partial charge in [-0.2, -0.15) is 21.6 Å². The van der Waals surface area contributed by atoms with Gasteiger partial charge in [0.05, 0.1) is 30.2 Å². The maximum absolute atomic E-state index is 13.1. The molecule has 0 amide bonds. The van der Waals surface area contributed by atoms with E-state index in [2.05, 4.69) is 4.98 Å². The smallest absolute Gasteiger partial charge is 0.411 e. The van der Waals surface area contributed by atoms with Gasteiger partial charge in [-0.25, -0.2) is 0 Å². The van der Waals surface area contributed by atoms with Crippen LogP contribution in [0.25, 0.3) is 0 Å². The molecule has 0 spiro atoms. The van der Waals surface area contributed by atoms with Gasteiger partial charge in [-0.3, -0.25) is 9.17 Å². The third-order valence-corrected chi connectivity index (χ3v) is 11.5. The van der Waals surface area contributed by atoms with E-state index in [-0.39, 0.29) is 17.9 Å². The molecule has 1 aromatic rings. The summed E-state index contributed by atoms with van der Waals surface area (Å²) in [5.74, 6) is 0. The maximum Gasteiger partial charge on any atom is 0.523 e. The minimum atomic E-state index is -5.83. The van der Waals surface area contributed by atoms with Crippen molar-refractivity contribution >= 4 is 24.1 Å². The highest BCUT2D eigenvalue weighted by atomic mass is 32.2. The molecule has 7 nitrogen and oxygen atoms in total. The van der Waals surface area contributed by atoms with E-state index in [0.717, 1.165) is 0 Å². The van der Waals surface area contributed by atoms with Gasteiger partial charge in [-0.15, -0.1) is 0 Å². The van der Waals surface area contributed by atoms with Gasteiger partial charge in [0.15, 0.2) is 8.32 Å². The molecule has 31 heavy (non-hydrogen) atoms. The standard InChI is InChI=1S/C19H31F3N2O5SSi/c1-7-14-17(28-30(25,26)19(20,21)22)16(29-31(5,6)18(2,3)4)10-15(27-14)12-8-9-24-11-13(12)23/h8-9,11,14-17H,7,10,23H2,1-6H3/t14-,15-,16-,17-/m1/s1. The van der Waals surface area contributed by atoms with Crippen molar-refractivity contribution in [2.45, 2.75) is 88.6 Å². The second-order valence-electron chi connectivity index (χ2n) is 9.19. The molecule has 12 heteroatoms. The Morgan fingerprint density at radius 3 is 2.39 bits per heavy atom. The van der Waals surface area contributed by atoms with Crippen LogP contribution in [0.4, 0.5) is 18.9 Å². The predicted molar refractivity (Wildman–Crippen MR) is 113 cm³/mol. The number of alkyl halides is 3. The van der Waals surface area contributed by atoms with Gasteiger partial charge in [0, 0.05) is 18.2 Å². The number of nitrogens with zero attached hydrogens (tertiary/aromatic N) is 1. The van der Waals surface area contributed by atoms with Crippen LogP contribution in [-0.4, -0.2) is 45.5 Å². The Balaban J connectivity index is 2.47. The Morgan fingerprint density at radius 1 is 1.29 bits per heavy atom. The Labute approximate surface area is 182 Å².